The number of para-hydroxylation sites is 1. The third kappa shape index (κ3) is 3.90. The van der Waals surface area contributed by atoms with Crippen LogP contribution in [0.15, 0.2) is 82.7 Å². The summed E-state index contributed by atoms with van der Waals surface area (Å²) in [7, 11) is 0. The first-order valence-corrected chi connectivity index (χ1v) is 9.64. The van der Waals surface area contributed by atoms with Gasteiger partial charge in [0.15, 0.2) is 0 Å². The predicted molar refractivity (Wildman–Crippen MR) is 111 cm³/mol. The van der Waals surface area contributed by atoms with Crippen LogP contribution in [0.4, 0.5) is 11.4 Å². The Bertz CT molecular complexity index is 984. The van der Waals surface area contributed by atoms with Crippen molar-refractivity contribution in [2.45, 2.75) is 23.5 Å². The van der Waals surface area contributed by atoms with Crippen LogP contribution in [0.1, 0.15) is 28.4 Å². The molecule has 1 aliphatic rings. The van der Waals surface area contributed by atoms with Crippen molar-refractivity contribution in [1.82, 2.24) is 0 Å². The van der Waals surface area contributed by atoms with E-state index in [0.717, 1.165) is 33.8 Å². The van der Waals surface area contributed by atoms with Gasteiger partial charge in [0.1, 0.15) is 0 Å². The molecule has 4 nitrogen and oxygen atoms in total. The average molecular weight is 375 g/mol. The quantitative estimate of drug-likeness (QED) is 0.566. The second kappa shape index (κ2) is 7.56. The second-order valence-corrected chi connectivity index (χ2v) is 7.82. The summed E-state index contributed by atoms with van der Waals surface area (Å²) >= 11 is 1.74. The molecule has 0 amide bonds. The van der Waals surface area contributed by atoms with Crippen molar-refractivity contribution >= 4 is 28.8 Å². The summed E-state index contributed by atoms with van der Waals surface area (Å²) in [5.74, 6) is 0. The summed E-state index contributed by atoms with van der Waals surface area (Å²) in [5, 5.41) is 20.6. The Labute approximate surface area is 162 Å². The highest BCUT2D eigenvalue weighted by molar-refractivity contribution is 7.99. The Morgan fingerprint density at radius 2 is 1.81 bits per heavy atom. The number of fused-ring (bicyclic) bond motifs is 1. The number of benzene rings is 3. The largest absolute Gasteiger partial charge is 0.733 e. The van der Waals surface area contributed by atoms with Gasteiger partial charge in [0, 0.05) is 22.3 Å². The highest BCUT2D eigenvalue weighted by Gasteiger charge is 2.22. The lowest BCUT2D eigenvalue weighted by Gasteiger charge is -2.24. The van der Waals surface area contributed by atoms with Crippen LogP contribution in [-0.2, 0) is 0 Å². The van der Waals surface area contributed by atoms with Crippen molar-refractivity contribution < 1.29 is 5.21 Å². The van der Waals surface area contributed by atoms with Crippen LogP contribution in [0.5, 0.6) is 0 Å². The van der Waals surface area contributed by atoms with E-state index in [2.05, 4.69) is 37.3 Å². The van der Waals surface area contributed by atoms with Gasteiger partial charge in [-0.15, -0.1) is 11.8 Å². The first kappa shape index (κ1) is 17.8. The normalized spacial score (nSPS) is 16.3. The van der Waals surface area contributed by atoms with Gasteiger partial charge in [-0.1, -0.05) is 54.1 Å². The molecule has 1 N–H and O–H groups in total. The first-order chi connectivity index (χ1) is 13.1. The average Bonchev–Trinajstić information content (AvgIpc) is 2.88. The molecule has 0 spiro atoms. The molecule has 4 rings (SSSR count). The molecule has 1 unspecified atom stereocenters. The fourth-order valence-electron chi connectivity index (χ4n) is 3.17. The van der Waals surface area contributed by atoms with Gasteiger partial charge in [0.05, 0.1) is 11.4 Å². The van der Waals surface area contributed by atoms with Crippen LogP contribution in [0, 0.1) is 12.1 Å². The van der Waals surface area contributed by atoms with E-state index < -0.39 is 0 Å². The fraction of sp³-hybridized carbons (Fsp3) is 0.136. The summed E-state index contributed by atoms with van der Waals surface area (Å²) in [5.41, 5.74) is 5.52. The molecule has 0 saturated carbocycles. The van der Waals surface area contributed by atoms with Gasteiger partial charge in [-0.25, -0.2) is 0 Å². The number of rotatable bonds is 3. The van der Waals surface area contributed by atoms with Crippen molar-refractivity contribution in [1.29, 1.82) is 0 Å². The molecule has 0 aromatic heterocycles. The van der Waals surface area contributed by atoms with Gasteiger partial charge in [-0.3, -0.25) is 10.2 Å². The van der Waals surface area contributed by atoms with Gasteiger partial charge >= 0.3 is 0 Å². The Morgan fingerprint density at radius 3 is 2.59 bits per heavy atom. The Balaban J connectivity index is 1.78. The van der Waals surface area contributed by atoms with E-state index in [-0.39, 0.29) is 16.2 Å². The van der Waals surface area contributed by atoms with Crippen molar-refractivity contribution in [2.75, 3.05) is 5.23 Å². The monoisotopic (exact) mass is 375 g/mol. The lowest BCUT2D eigenvalue weighted by Crippen LogP contribution is -2.09. The van der Waals surface area contributed by atoms with Crippen LogP contribution < -0.4 is 5.23 Å². The summed E-state index contributed by atoms with van der Waals surface area (Å²) in [6.07, 6.45) is 0.732. The zero-order valence-corrected chi connectivity index (χ0v) is 15.7. The number of anilines is 1. The molecule has 3 aromatic carbocycles. The highest BCUT2D eigenvalue weighted by Crippen LogP contribution is 2.45. The van der Waals surface area contributed by atoms with Gasteiger partial charge in [-0.2, -0.15) is 0 Å². The molecule has 1 atom stereocenters. The molecule has 0 bridgehead atoms. The fourth-order valence-corrected chi connectivity index (χ4v) is 4.39. The SMILES string of the molecule is Cc1ccc(C2=Nc3ccccc3SC(c3cccc(N([O-])O)c3)C2)cc1. The smallest absolute Gasteiger partial charge is 0.0769 e. The zero-order chi connectivity index (χ0) is 18.8. The summed E-state index contributed by atoms with van der Waals surface area (Å²) < 4.78 is 0. The lowest BCUT2D eigenvalue weighted by molar-refractivity contribution is 0.296. The summed E-state index contributed by atoms with van der Waals surface area (Å²) in [4.78, 5) is 6.06. The maximum atomic E-state index is 11.3. The van der Waals surface area contributed by atoms with E-state index in [1.165, 1.54) is 5.56 Å². The van der Waals surface area contributed by atoms with Gasteiger partial charge in [-0.05, 0) is 42.3 Å². The maximum absolute atomic E-state index is 11.3. The molecular formula is C22H19N2O2S-. The number of nitrogens with zero attached hydrogens (tertiary/aromatic N) is 2. The molecule has 0 fully saturated rings. The number of thioether (sulfide) groups is 1. The Hall–Kier alpha value is -2.60. The zero-order valence-electron chi connectivity index (χ0n) is 14.9. The molecule has 27 heavy (non-hydrogen) atoms. The third-order valence-corrected chi connectivity index (χ3v) is 5.94. The maximum Gasteiger partial charge on any atom is 0.0769 e. The molecule has 0 saturated heterocycles. The molecule has 5 heteroatoms. The highest BCUT2D eigenvalue weighted by atomic mass is 32.2. The van der Waals surface area contributed by atoms with E-state index in [9.17, 15) is 10.4 Å². The Morgan fingerprint density at radius 1 is 1.04 bits per heavy atom. The van der Waals surface area contributed by atoms with Crippen molar-refractivity contribution in [3.05, 3.63) is 94.7 Å². The minimum atomic E-state index is -0.0895. The van der Waals surface area contributed by atoms with Gasteiger partial charge < -0.3 is 10.4 Å². The number of hydrogen-bond acceptors (Lipinski definition) is 5. The molecule has 1 heterocycles. The van der Waals surface area contributed by atoms with Crippen molar-refractivity contribution in [2.24, 2.45) is 4.99 Å². The van der Waals surface area contributed by atoms with E-state index in [1.54, 1.807) is 30.0 Å². The molecule has 1 aliphatic heterocycles. The first-order valence-electron chi connectivity index (χ1n) is 8.76. The molecule has 3 aromatic rings. The molecule has 0 radical (unpaired) electrons. The van der Waals surface area contributed by atoms with Crippen LogP contribution in [0.25, 0.3) is 0 Å². The minimum Gasteiger partial charge on any atom is -0.733 e. The van der Waals surface area contributed by atoms with E-state index in [4.69, 9.17) is 4.99 Å². The molecule has 0 aliphatic carbocycles. The number of hydrogen-bond donors (Lipinski definition) is 1. The number of aryl methyl sites for hydroxylation is 1. The van der Waals surface area contributed by atoms with Crippen molar-refractivity contribution in [3.8, 4) is 0 Å². The van der Waals surface area contributed by atoms with Gasteiger partial charge in [0.2, 0.25) is 0 Å². The topological polar surface area (TPSA) is 58.9 Å². The summed E-state index contributed by atoms with van der Waals surface area (Å²) in [6, 6.07) is 23.6. The predicted octanol–water partition coefficient (Wildman–Crippen LogP) is 6.05. The Kier molecular flexibility index (Phi) is 4.99. The summed E-state index contributed by atoms with van der Waals surface area (Å²) in [6.45, 7) is 2.07. The number of aliphatic imine (C=N–C) groups is 1. The van der Waals surface area contributed by atoms with E-state index in [0.29, 0.717) is 0 Å². The van der Waals surface area contributed by atoms with E-state index >= 15 is 0 Å². The lowest BCUT2D eigenvalue weighted by atomic mass is 10.00. The molecular weight excluding hydrogens is 356 g/mol. The second-order valence-electron chi connectivity index (χ2n) is 6.57. The van der Waals surface area contributed by atoms with Gasteiger partial charge in [0.25, 0.3) is 0 Å². The van der Waals surface area contributed by atoms with Crippen LogP contribution >= 0.6 is 11.8 Å². The van der Waals surface area contributed by atoms with E-state index in [1.807, 2.05) is 24.3 Å². The standard InChI is InChI=1S/C22H19N2O2S/c1-15-9-11-16(12-10-15)20-14-22(17-5-4-6-18(13-17)24(25)26)27-21-8-3-2-7-19(21)23-20/h2-13,22,25H,14H2,1H3/q-1. The third-order valence-electron chi connectivity index (χ3n) is 4.62. The molecule has 136 valence electrons. The van der Waals surface area contributed by atoms with Crippen LogP contribution in [-0.4, -0.2) is 10.9 Å². The van der Waals surface area contributed by atoms with Crippen molar-refractivity contribution in [3.63, 3.8) is 0 Å². The van der Waals surface area contributed by atoms with Crippen LogP contribution in [0.3, 0.4) is 0 Å². The minimum absolute atomic E-state index is 0.0895. The van der Waals surface area contributed by atoms with Crippen LogP contribution in [0.2, 0.25) is 0 Å².